The highest BCUT2D eigenvalue weighted by Crippen LogP contribution is 2.34. The van der Waals surface area contributed by atoms with E-state index in [0.717, 1.165) is 33.6 Å². The molecular formula is C33H33N7O4. The molecule has 0 unspecified atom stereocenters. The number of fused-ring (bicyclic) bond motifs is 1. The van der Waals surface area contributed by atoms with Crippen LogP contribution in [0, 0.1) is 6.92 Å². The minimum absolute atomic E-state index is 0.104. The normalized spacial score (nSPS) is 14.6. The molecule has 0 atom stereocenters. The second kappa shape index (κ2) is 11.8. The molecule has 11 heteroatoms. The highest BCUT2D eigenvalue weighted by molar-refractivity contribution is 6.12. The molecule has 2 aliphatic rings. The Morgan fingerprint density at radius 2 is 1.80 bits per heavy atom. The van der Waals surface area contributed by atoms with Crippen LogP contribution in [-0.2, 0) is 11.8 Å². The highest BCUT2D eigenvalue weighted by Gasteiger charge is 2.27. The number of benzene rings is 2. The number of aryl methyl sites for hydroxylation is 1. The third kappa shape index (κ3) is 5.45. The van der Waals surface area contributed by atoms with Gasteiger partial charge in [-0.05, 0) is 61.4 Å². The predicted octanol–water partition coefficient (Wildman–Crippen LogP) is 4.43. The largest absolute Gasteiger partial charge is 0.378 e. The standard InChI is InChI=1S/C33H33N7O4/c1-20(2)22-8-10-25-26(16-22)35-19-40(32(25)42)29-7-5-6-24(21(29)3)27-17-28(33(43)38(4)37-27)36-30-11-9-23(18-34-30)31(41)39-12-14-44-15-13-39/h5-11,16-18,35H,1,12-15,19H2,2-4H3,(H,34,36). The Bertz CT molecular complexity index is 1840. The lowest BCUT2D eigenvalue weighted by atomic mass is 10.00. The maximum absolute atomic E-state index is 13.6. The quantitative estimate of drug-likeness (QED) is 0.338. The van der Waals surface area contributed by atoms with E-state index >= 15 is 0 Å². The van der Waals surface area contributed by atoms with Crippen molar-refractivity contribution in [1.82, 2.24) is 19.7 Å². The van der Waals surface area contributed by atoms with Crippen LogP contribution in [-0.4, -0.2) is 64.5 Å². The molecule has 4 heterocycles. The summed E-state index contributed by atoms with van der Waals surface area (Å²) in [7, 11) is 1.59. The number of amides is 2. The van der Waals surface area contributed by atoms with E-state index in [0.29, 0.717) is 55.6 Å². The van der Waals surface area contributed by atoms with Crippen molar-refractivity contribution < 1.29 is 14.3 Å². The molecule has 1 fully saturated rings. The number of hydrogen-bond donors (Lipinski definition) is 2. The summed E-state index contributed by atoms with van der Waals surface area (Å²) >= 11 is 0. The molecule has 4 aromatic rings. The van der Waals surface area contributed by atoms with Crippen molar-refractivity contribution in [2.24, 2.45) is 7.05 Å². The molecular weight excluding hydrogens is 558 g/mol. The molecule has 2 aromatic carbocycles. The van der Waals surface area contributed by atoms with E-state index in [1.807, 2.05) is 50.2 Å². The number of aromatic nitrogens is 3. The molecule has 44 heavy (non-hydrogen) atoms. The summed E-state index contributed by atoms with van der Waals surface area (Å²) in [6, 6.07) is 16.4. The number of hydrogen-bond acceptors (Lipinski definition) is 8. The number of nitrogens with zero attached hydrogens (tertiary/aromatic N) is 5. The number of pyridine rings is 1. The van der Waals surface area contributed by atoms with E-state index in [2.05, 4.69) is 27.3 Å². The van der Waals surface area contributed by atoms with Gasteiger partial charge in [-0.1, -0.05) is 30.4 Å². The van der Waals surface area contributed by atoms with E-state index in [9.17, 15) is 14.4 Å². The van der Waals surface area contributed by atoms with Gasteiger partial charge in [0.1, 0.15) is 11.5 Å². The molecule has 2 aliphatic heterocycles. The van der Waals surface area contributed by atoms with Gasteiger partial charge >= 0.3 is 0 Å². The van der Waals surface area contributed by atoms with Gasteiger partial charge in [0.25, 0.3) is 17.4 Å². The van der Waals surface area contributed by atoms with Gasteiger partial charge in [-0.25, -0.2) is 9.67 Å². The average Bonchev–Trinajstić information content (AvgIpc) is 3.04. The van der Waals surface area contributed by atoms with Gasteiger partial charge in [-0.2, -0.15) is 5.10 Å². The lowest BCUT2D eigenvalue weighted by Gasteiger charge is -2.31. The maximum atomic E-state index is 13.6. The van der Waals surface area contributed by atoms with Crippen LogP contribution in [0.5, 0.6) is 0 Å². The first-order valence-corrected chi connectivity index (χ1v) is 14.4. The Hall–Kier alpha value is -5.29. The van der Waals surface area contributed by atoms with Gasteiger partial charge in [0, 0.05) is 43.3 Å². The predicted molar refractivity (Wildman–Crippen MR) is 170 cm³/mol. The van der Waals surface area contributed by atoms with E-state index in [4.69, 9.17) is 4.74 Å². The first-order chi connectivity index (χ1) is 21.2. The van der Waals surface area contributed by atoms with E-state index in [1.165, 1.54) is 10.9 Å². The molecule has 0 aliphatic carbocycles. The van der Waals surface area contributed by atoms with Crippen molar-refractivity contribution in [3.05, 3.63) is 100.0 Å². The van der Waals surface area contributed by atoms with Crippen LogP contribution in [0.25, 0.3) is 16.8 Å². The van der Waals surface area contributed by atoms with Gasteiger partial charge in [-0.3, -0.25) is 19.3 Å². The minimum atomic E-state index is -0.334. The second-order valence-corrected chi connectivity index (χ2v) is 10.9. The topological polar surface area (TPSA) is 122 Å². The Morgan fingerprint density at radius 3 is 2.52 bits per heavy atom. The molecule has 1 saturated heterocycles. The molecule has 2 amide bonds. The summed E-state index contributed by atoms with van der Waals surface area (Å²) in [6.07, 6.45) is 1.50. The Morgan fingerprint density at radius 1 is 1.02 bits per heavy atom. The summed E-state index contributed by atoms with van der Waals surface area (Å²) in [4.78, 5) is 47.2. The zero-order valence-electron chi connectivity index (χ0n) is 24.9. The number of allylic oxidation sites excluding steroid dienone is 1. The van der Waals surface area contributed by atoms with Crippen LogP contribution < -0.4 is 21.1 Å². The van der Waals surface area contributed by atoms with Crippen LogP contribution in [0.2, 0.25) is 0 Å². The Balaban J connectivity index is 1.26. The molecule has 0 saturated carbocycles. The fraction of sp³-hybridized carbons (Fsp3) is 0.242. The number of nitrogens with one attached hydrogen (secondary N) is 2. The summed E-state index contributed by atoms with van der Waals surface area (Å²) in [5.41, 5.74) is 6.59. The van der Waals surface area contributed by atoms with Crippen molar-refractivity contribution in [2.75, 3.05) is 48.5 Å². The Kier molecular flexibility index (Phi) is 7.71. The van der Waals surface area contributed by atoms with Crippen molar-refractivity contribution in [3.63, 3.8) is 0 Å². The molecule has 0 radical (unpaired) electrons. The van der Waals surface area contributed by atoms with Gasteiger partial charge in [-0.15, -0.1) is 0 Å². The highest BCUT2D eigenvalue weighted by atomic mass is 16.5. The van der Waals surface area contributed by atoms with Crippen molar-refractivity contribution in [3.8, 4) is 11.3 Å². The average molecular weight is 592 g/mol. The first-order valence-electron chi connectivity index (χ1n) is 14.4. The molecule has 11 nitrogen and oxygen atoms in total. The summed E-state index contributed by atoms with van der Waals surface area (Å²) in [5.74, 6) is 0.207. The van der Waals surface area contributed by atoms with Crippen LogP contribution in [0.15, 0.2) is 72.2 Å². The maximum Gasteiger partial charge on any atom is 0.290 e. The number of ether oxygens (including phenoxy) is 1. The van der Waals surface area contributed by atoms with Gasteiger partial charge in [0.05, 0.1) is 36.7 Å². The molecule has 2 aromatic heterocycles. The first kappa shape index (κ1) is 28.8. The smallest absolute Gasteiger partial charge is 0.290 e. The fourth-order valence-corrected chi connectivity index (χ4v) is 5.42. The van der Waals surface area contributed by atoms with E-state index < -0.39 is 0 Å². The number of carbonyl (C=O) groups is 2. The van der Waals surface area contributed by atoms with Crippen molar-refractivity contribution >= 4 is 40.3 Å². The minimum Gasteiger partial charge on any atom is -0.378 e. The van der Waals surface area contributed by atoms with Crippen LogP contribution >= 0.6 is 0 Å². The monoisotopic (exact) mass is 591 g/mol. The van der Waals surface area contributed by atoms with Crippen molar-refractivity contribution in [2.45, 2.75) is 13.8 Å². The third-order valence-corrected chi connectivity index (χ3v) is 7.92. The lowest BCUT2D eigenvalue weighted by molar-refractivity contribution is 0.0302. The van der Waals surface area contributed by atoms with Crippen LogP contribution in [0.4, 0.5) is 22.9 Å². The van der Waals surface area contributed by atoms with Crippen LogP contribution in [0.3, 0.4) is 0 Å². The Labute approximate surface area is 254 Å². The molecule has 6 rings (SSSR count). The SMILES string of the molecule is C=C(C)c1ccc2c(c1)NCN(c1cccc(-c3cc(Nc4ccc(C(=O)N5CCOCC5)cn4)c(=O)n(C)n3)c1C)C2=O. The van der Waals surface area contributed by atoms with Gasteiger partial charge in [0.2, 0.25) is 0 Å². The van der Waals surface area contributed by atoms with Gasteiger partial charge < -0.3 is 20.3 Å². The number of anilines is 4. The zero-order valence-corrected chi connectivity index (χ0v) is 24.9. The van der Waals surface area contributed by atoms with E-state index in [1.54, 1.807) is 35.0 Å². The molecule has 224 valence electrons. The summed E-state index contributed by atoms with van der Waals surface area (Å²) < 4.78 is 6.59. The zero-order chi connectivity index (χ0) is 31.0. The summed E-state index contributed by atoms with van der Waals surface area (Å²) in [5, 5.41) is 11.0. The molecule has 2 N–H and O–H groups in total. The number of rotatable bonds is 6. The summed E-state index contributed by atoms with van der Waals surface area (Å²) in [6.45, 7) is 10.3. The van der Waals surface area contributed by atoms with Crippen molar-refractivity contribution in [1.29, 1.82) is 0 Å². The van der Waals surface area contributed by atoms with E-state index in [-0.39, 0.29) is 23.1 Å². The lowest BCUT2D eigenvalue weighted by Crippen LogP contribution is -2.40. The third-order valence-electron chi connectivity index (χ3n) is 7.92. The fourth-order valence-electron chi connectivity index (χ4n) is 5.42. The number of morpholine rings is 1. The van der Waals surface area contributed by atoms with Crippen LogP contribution in [0.1, 0.15) is 38.8 Å². The molecule has 0 bridgehead atoms. The molecule has 0 spiro atoms. The number of carbonyl (C=O) groups excluding carboxylic acids is 2. The van der Waals surface area contributed by atoms with Gasteiger partial charge in [0.15, 0.2) is 0 Å². The second-order valence-electron chi connectivity index (χ2n) is 10.9.